The van der Waals surface area contributed by atoms with Crippen LogP contribution in [-0.2, 0) is 11.3 Å². The van der Waals surface area contributed by atoms with Crippen molar-refractivity contribution in [2.45, 2.75) is 26.3 Å². The first-order valence-electron chi connectivity index (χ1n) is 8.04. The number of hydrogen-bond donors (Lipinski definition) is 1. The molecule has 1 aromatic rings. The number of piperidine rings is 1. The summed E-state index contributed by atoms with van der Waals surface area (Å²) >= 11 is 1.39. The monoisotopic (exact) mass is 330 g/mol. The molecule has 0 bridgehead atoms. The largest absolute Gasteiger partial charge is 0.303 e. The fraction of sp³-hybridized carbons (Fsp3) is 0.471. The number of nitrogens with zero attached hydrogens (tertiary/aromatic N) is 3. The van der Waals surface area contributed by atoms with Gasteiger partial charge in [-0.2, -0.15) is 5.10 Å². The second kappa shape index (κ2) is 7.75. The molecule has 2 aliphatic rings. The second-order valence-corrected chi connectivity index (χ2v) is 7.11. The van der Waals surface area contributed by atoms with Gasteiger partial charge >= 0.3 is 0 Å². The van der Waals surface area contributed by atoms with E-state index in [1.807, 2.05) is 6.07 Å². The summed E-state index contributed by atoms with van der Waals surface area (Å²) in [7, 11) is 0. The Labute approximate surface area is 141 Å². The molecule has 23 heavy (non-hydrogen) atoms. The van der Waals surface area contributed by atoms with E-state index in [1.165, 1.54) is 30.2 Å². The smallest absolute Gasteiger partial charge is 0.236 e. The van der Waals surface area contributed by atoms with Crippen LogP contribution in [0.3, 0.4) is 0 Å². The number of likely N-dealkylation sites (tertiary alicyclic amines) is 1. The SMILES string of the molecule is CC1CCN(Cc2ccccc2C=NN=C2NC(=O)CS2)CC1. The number of rotatable bonds is 4. The van der Waals surface area contributed by atoms with Crippen LogP contribution in [0.25, 0.3) is 0 Å². The Balaban J connectivity index is 1.64. The van der Waals surface area contributed by atoms with E-state index in [1.54, 1.807) is 6.21 Å². The van der Waals surface area contributed by atoms with Crippen LogP contribution in [0, 0.1) is 5.92 Å². The maximum absolute atomic E-state index is 11.1. The van der Waals surface area contributed by atoms with Gasteiger partial charge in [-0.15, -0.1) is 5.10 Å². The summed E-state index contributed by atoms with van der Waals surface area (Å²) in [6.45, 7) is 5.61. The Morgan fingerprint density at radius 1 is 1.35 bits per heavy atom. The number of hydrogen-bond acceptors (Lipinski definition) is 5. The van der Waals surface area contributed by atoms with Gasteiger partial charge in [-0.05, 0) is 43.0 Å². The number of benzene rings is 1. The molecule has 0 aromatic heterocycles. The molecule has 1 amide bonds. The zero-order valence-corrected chi connectivity index (χ0v) is 14.2. The molecule has 2 fully saturated rings. The zero-order valence-electron chi connectivity index (χ0n) is 13.4. The van der Waals surface area contributed by atoms with Crippen molar-refractivity contribution in [3.05, 3.63) is 35.4 Å². The van der Waals surface area contributed by atoms with Crippen LogP contribution in [0.15, 0.2) is 34.5 Å². The first-order chi connectivity index (χ1) is 11.2. The van der Waals surface area contributed by atoms with Gasteiger partial charge in [0.1, 0.15) is 0 Å². The van der Waals surface area contributed by atoms with Crippen LogP contribution in [0.4, 0.5) is 0 Å². The van der Waals surface area contributed by atoms with Gasteiger partial charge < -0.3 is 5.32 Å². The number of nitrogens with one attached hydrogen (secondary N) is 1. The topological polar surface area (TPSA) is 57.1 Å². The summed E-state index contributed by atoms with van der Waals surface area (Å²) in [6.07, 6.45) is 4.33. The van der Waals surface area contributed by atoms with Gasteiger partial charge in [0.25, 0.3) is 0 Å². The van der Waals surface area contributed by atoms with Crippen molar-refractivity contribution in [3.63, 3.8) is 0 Å². The van der Waals surface area contributed by atoms with E-state index in [4.69, 9.17) is 0 Å². The maximum Gasteiger partial charge on any atom is 0.236 e. The molecule has 0 unspecified atom stereocenters. The van der Waals surface area contributed by atoms with Gasteiger partial charge in [0.2, 0.25) is 5.91 Å². The minimum atomic E-state index is -0.0105. The van der Waals surface area contributed by atoms with Crippen molar-refractivity contribution in [3.8, 4) is 0 Å². The van der Waals surface area contributed by atoms with Crippen LogP contribution < -0.4 is 5.32 Å². The molecule has 2 saturated heterocycles. The lowest BCUT2D eigenvalue weighted by Crippen LogP contribution is -2.32. The third kappa shape index (κ3) is 4.65. The normalized spacial score (nSPS) is 22.1. The minimum Gasteiger partial charge on any atom is -0.303 e. The fourth-order valence-electron chi connectivity index (χ4n) is 2.79. The first kappa shape index (κ1) is 16.2. The summed E-state index contributed by atoms with van der Waals surface area (Å²) in [6, 6.07) is 8.30. The second-order valence-electron chi connectivity index (χ2n) is 6.14. The van der Waals surface area contributed by atoms with Gasteiger partial charge in [-0.3, -0.25) is 9.69 Å². The third-order valence-corrected chi connectivity index (χ3v) is 5.12. The Hall–Kier alpha value is -1.66. The fourth-order valence-corrected chi connectivity index (χ4v) is 3.42. The summed E-state index contributed by atoms with van der Waals surface area (Å²) in [4.78, 5) is 13.6. The van der Waals surface area contributed by atoms with Crippen LogP contribution >= 0.6 is 11.8 Å². The highest BCUT2D eigenvalue weighted by Crippen LogP contribution is 2.19. The summed E-state index contributed by atoms with van der Waals surface area (Å²) in [5, 5.41) is 11.5. The lowest BCUT2D eigenvalue weighted by molar-refractivity contribution is -0.116. The van der Waals surface area contributed by atoms with Crippen molar-refractivity contribution in [2.24, 2.45) is 16.1 Å². The Morgan fingerprint density at radius 3 is 2.87 bits per heavy atom. The number of carbonyl (C=O) groups is 1. The molecule has 1 aromatic carbocycles. The average molecular weight is 330 g/mol. The number of carbonyl (C=O) groups excluding carboxylic acids is 1. The first-order valence-corrected chi connectivity index (χ1v) is 9.03. The van der Waals surface area contributed by atoms with Crippen molar-refractivity contribution < 1.29 is 4.79 Å². The lowest BCUT2D eigenvalue weighted by atomic mass is 9.98. The standard InChI is InChI=1S/C17H22N4OS/c1-13-6-8-21(9-7-13)11-15-5-3-2-4-14(15)10-18-20-17-19-16(22)12-23-17/h2-5,10,13H,6-9,11-12H2,1H3,(H,19,20,22). The van der Waals surface area contributed by atoms with Crippen LogP contribution in [0.5, 0.6) is 0 Å². The Morgan fingerprint density at radius 2 is 2.13 bits per heavy atom. The van der Waals surface area contributed by atoms with Gasteiger partial charge in [-0.25, -0.2) is 0 Å². The quantitative estimate of drug-likeness (QED) is 0.681. The molecule has 0 saturated carbocycles. The van der Waals surface area contributed by atoms with E-state index >= 15 is 0 Å². The minimum absolute atomic E-state index is 0.0105. The number of amides is 1. The van der Waals surface area contributed by atoms with E-state index in [9.17, 15) is 4.79 Å². The molecule has 3 rings (SSSR count). The summed E-state index contributed by atoms with van der Waals surface area (Å²) in [5.41, 5.74) is 2.36. The molecular formula is C17H22N4OS. The molecule has 122 valence electrons. The Kier molecular flexibility index (Phi) is 5.46. The van der Waals surface area contributed by atoms with Gasteiger partial charge in [0.15, 0.2) is 5.17 Å². The molecular weight excluding hydrogens is 308 g/mol. The predicted octanol–water partition coefficient (Wildman–Crippen LogP) is 2.47. The lowest BCUT2D eigenvalue weighted by Gasteiger charge is -2.30. The highest BCUT2D eigenvalue weighted by molar-refractivity contribution is 8.15. The summed E-state index contributed by atoms with van der Waals surface area (Å²) in [5.74, 6) is 1.26. The molecule has 2 aliphatic heterocycles. The molecule has 1 N–H and O–H groups in total. The van der Waals surface area contributed by atoms with E-state index in [2.05, 4.69) is 45.5 Å². The number of amidine groups is 1. The van der Waals surface area contributed by atoms with Crippen molar-refractivity contribution in [2.75, 3.05) is 18.8 Å². The van der Waals surface area contributed by atoms with E-state index < -0.39 is 0 Å². The van der Waals surface area contributed by atoms with Crippen LogP contribution in [-0.4, -0.2) is 41.0 Å². The van der Waals surface area contributed by atoms with Gasteiger partial charge in [0, 0.05) is 6.54 Å². The summed E-state index contributed by atoms with van der Waals surface area (Å²) < 4.78 is 0. The van der Waals surface area contributed by atoms with Gasteiger partial charge in [0.05, 0.1) is 12.0 Å². The van der Waals surface area contributed by atoms with Crippen LogP contribution in [0.1, 0.15) is 30.9 Å². The highest BCUT2D eigenvalue weighted by Gasteiger charge is 2.17. The third-order valence-electron chi connectivity index (χ3n) is 4.26. The molecule has 0 radical (unpaired) electrons. The number of thioether (sulfide) groups is 1. The van der Waals surface area contributed by atoms with Crippen molar-refractivity contribution in [1.82, 2.24) is 10.2 Å². The van der Waals surface area contributed by atoms with E-state index in [0.717, 1.165) is 31.1 Å². The highest BCUT2D eigenvalue weighted by atomic mass is 32.2. The predicted molar refractivity (Wildman–Crippen MR) is 95.7 cm³/mol. The average Bonchev–Trinajstić information content (AvgIpc) is 2.97. The molecule has 5 nitrogen and oxygen atoms in total. The molecule has 0 atom stereocenters. The molecule has 2 heterocycles. The maximum atomic E-state index is 11.1. The van der Waals surface area contributed by atoms with Gasteiger partial charge in [-0.1, -0.05) is 43.0 Å². The molecule has 0 spiro atoms. The van der Waals surface area contributed by atoms with E-state index in [0.29, 0.717) is 10.9 Å². The Bertz CT molecular complexity index is 621. The van der Waals surface area contributed by atoms with E-state index in [-0.39, 0.29) is 5.91 Å². The van der Waals surface area contributed by atoms with Crippen LogP contribution in [0.2, 0.25) is 0 Å². The molecule has 0 aliphatic carbocycles. The van der Waals surface area contributed by atoms with Crippen molar-refractivity contribution in [1.29, 1.82) is 0 Å². The molecule has 6 heteroatoms. The zero-order chi connectivity index (χ0) is 16.1. The van der Waals surface area contributed by atoms with Crippen molar-refractivity contribution >= 4 is 29.1 Å².